The van der Waals surface area contributed by atoms with Crippen LogP contribution in [0.15, 0.2) is 53.5 Å². The fourth-order valence-corrected chi connectivity index (χ4v) is 3.80. The highest BCUT2D eigenvalue weighted by atomic mass is 32.1. The summed E-state index contributed by atoms with van der Waals surface area (Å²) >= 11 is 1.57. The number of rotatable bonds is 5. The van der Waals surface area contributed by atoms with Crippen molar-refractivity contribution in [2.24, 2.45) is 12.8 Å². The number of thiazole rings is 1. The number of aromatic nitrogens is 3. The second kappa shape index (κ2) is 9.40. The van der Waals surface area contributed by atoms with Gasteiger partial charge in [0.1, 0.15) is 0 Å². The van der Waals surface area contributed by atoms with Crippen LogP contribution in [-0.2, 0) is 13.0 Å². The third kappa shape index (κ3) is 5.56. The Hall–Kier alpha value is -3.04. The van der Waals surface area contributed by atoms with Crippen LogP contribution in [0.1, 0.15) is 18.1 Å². The van der Waals surface area contributed by atoms with Crippen LogP contribution in [0.5, 0.6) is 0 Å². The van der Waals surface area contributed by atoms with Gasteiger partial charge in [-0.2, -0.15) is 0 Å². The number of aryl methyl sites for hydroxylation is 2. The summed E-state index contributed by atoms with van der Waals surface area (Å²) in [6.07, 6.45) is 1.83. The number of H-pyrrole nitrogens is 1. The monoisotopic (exact) mass is 445 g/mol. The van der Waals surface area contributed by atoms with Crippen molar-refractivity contribution in [2.75, 3.05) is 18.4 Å². The Kier molecular flexibility index (Phi) is 6.87. The quantitative estimate of drug-likeness (QED) is 0.423. The fraction of sp³-hybridized carbons (Fsp3) is 0.273. The van der Waals surface area contributed by atoms with Gasteiger partial charge in [-0.3, -0.25) is 4.57 Å². The Morgan fingerprint density at radius 2 is 2.03 bits per heavy atom. The first-order chi connectivity index (χ1) is 14.7. The second-order valence-corrected chi connectivity index (χ2v) is 8.25. The molecule has 0 fully saturated rings. The van der Waals surface area contributed by atoms with Crippen LogP contribution in [0, 0.1) is 6.92 Å². The average Bonchev–Trinajstić information content (AvgIpc) is 3.31. The molecule has 0 atom stereocenters. The van der Waals surface area contributed by atoms with Crippen molar-refractivity contribution in [3.63, 3.8) is 0 Å². The van der Waals surface area contributed by atoms with Crippen LogP contribution in [0.3, 0.4) is 0 Å². The van der Waals surface area contributed by atoms with Gasteiger partial charge in [-0.15, -0.1) is 0 Å². The number of fused-ring (bicyclic) bond motifs is 1. The summed E-state index contributed by atoms with van der Waals surface area (Å²) in [5.41, 5.74) is 9.07. The van der Waals surface area contributed by atoms with Gasteiger partial charge < -0.3 is 16.0 Å². The van der Waals surface area contributed by atoms with Gasteiger partial charge in [0.15, 0.2) is 5.13 Å². The first kappa shape index (κ1) is 22.6. The Labute approximate surface area is 182 Å². The van der Waals surface area contributed by atoms with Crippen LogP contribution < -0.4 is 16.7 Å². The minimum absolute atomic E-state index is 0.0810. The molecule has 6 nitrogen and oxygen atoms in total. The minimum atomic E-state index is -2.72. The van der Waals surface area contributed by atoms with E-state index in [0.29, 0.717) is 13.1 Å². The van der Waals surface area contributed by atoms with Gasteiger partial charge in [0.2, 0.25) is 0 Å². The number of nitrogens with zero attached hydrogens (tertiary/aromatic N) is 2. The van der Waals surface area contributed by atoms with E-state index >= 15 is 0 Å². The summed E-state index contributed by atoms with van der Waals surface area (Å²) in [5.74, 6) is -2.72. The molecule has 0 radical (unpaired) electrons. The highest BCUT2D eigenvalue weighted by Crippen LogP contribution is 2.30. The number of imidazole rings is 1. The van der Waals surface area contributed by atoms with Gasteiger partial charge in [0.25, 0.3) is 5.92 Å². The van der Waals surface area contributed by atoms with E-state index in [9.17, 15) is 13.6 Å². The van der Waals surface area contributed by atoms with Crippen LogP contribution in [0.4, 0.5) is 13.9 Å². The molecule has 31 heavy (non-hydrogen) atoms. The molecule has 0 spiro atoms. The first-order valence-electron chi connectivity index (χ1n) is 9.73. The zero-order chi connectivity index (χ0) is 22.6. The maximum Gasteiger partial charge on any atom is 0.326 e. The number of benzene rings is 2. The molecule has 2 heterocycles. The molecule has 0 saturated heterocycles. The average molecular weight is 446 g/mol. The van der Waals surface area contributed by atoms with Crippen molar-refractivity contribution in [2.45, 2.75) is 19.8 Å². The van der Waals surface area contributed by atoms with Gasteiger partial charge in [-0.25, -0.2) is 18.6 Å². The molecule has 164 valence electrons. The van der Waals surface area contributed by atoms with Crippen molar-refractivity contribution in [3.05, 3.63) is 70.3 Å². The Morgan fingerprint density at radius 1 is 1.26 bits per heavy atom. The van der Waals surface area contributed by atoms with E-state index < -0.39 is 5.92 Å². The normalized spacial score (nSPS) is 11.3. The molecular formula is C22H25F2N5OS. The van der Waals surface area contributed by atoms with Crippen molar-refractivity contribution in [1.29, 1.82) is 0 Å². The molecular weight excluding hydrogens is 420 g/mol. The lowest BCUT2D eigenvalue weighted by molar-refractivity contribution is 0.0174. The highest BCUT2D eigenvalue weighted by molar-refractivity contribution is 7.18. The third-order valence-corrected chi connectivity index (χ3v) is 5.65. The van der Waals surface area contributed by atoms with Gasteiger partial charge >= 0.3 is 5.69 Å². The van der Waals surface area contributed by atoms with E-state index in [2.05, 4.69) is 15.3 Å². The summed E-state index contributed by atoms with van der Waals surface area (Å²) in [5, 5.41) is 4.01. The molecule has 0 aliphatic carbocycles. The maximum absolute atomic E-state index is 12.6. The van der Waals surface area contributed by atoms with Crippen LogP contribution in [0.25, 0.3) is 21.5 Å². The smallest absolute Gasteiger partial charge is 0.326 e. The van der Waals surface area contributed by atoms with Crippen LogP contribution in [-0.4, -0.2) is 27.6 Å². The molecule has 2 aromatic heterocycles. The number of nitrogens with two attached hydrogens (primary N) is 1. The molecule has 0 unspecified atom stereocenters. The Balaban J connectivity index is 0.000000210. The van der Waals surface area contributed by atoms with E-state index in [1.807, 2.05) is 24.4 Å². The lowest BCUT2D eigenvalue weighted by Crippen LogP contribution is -2.12. The molecule has 2 aromatic carbocycles. The summed E-state index contributed by atoms with van der Waals surface area (Å²) < 4.78 is 26.9. The predicted octanol–water partition coefficient (Wildman–Crippen LogP) is 4.47. The largest absolute Gasteiger partial charge is 0.360 e. The van der Waals surface area contributed by atoms with E-state index in [1.165, 1.54) is 12.1 Å². The molecule has 0 aliphatic heterocycles. The molecule has 9 heteroatoms. The standard InChI is InChI=1S/C13H15N5OS.C9H10F2/c1-18-10-6-8(2-3-9(10)17-13(18)19)11-7-16-12(20-11)15-5-4-14;1-7-4-3-5-8(6-7)9(2,10)11/h2-3,6-7H,4-5,14H2,1H3,(H,15,16)(H,17,19);3-6H,1-2H3. The number of halogens is 2. The number of aromatic amines is 1. The number of hydrogen-bond donors (Lipinski definition) is 3. The summed E-state index contributed by atoms with van der Waals surface area (Å²) in [7, 11) is 1.76. The maximum atomic E-state index is 12.6. The van der Waals surface area contributed by atoms with Crippen molar-refractivity contribution in [1.82, 2.24) is 14.5 Å². The van der Waals surface area contributed by atoms with Crippen molar-refractivity contribution >= 4 is 27.5 Å². The van der Waals surface area contributed by atoms with E-state index in [1.54, 1.807) is 42.0 Å². The van der Waals surface area contributed by atoms with E-state index in [-0.39, 0.29) is 11.3 Å². The molecule has 4 aromatic rings. The molecule has 0 amide bonds. The van der Waals surface area contributed by atoms with Crippen LogP contribution in [0.2, 0.25) is 0 Å². The topological polar surface area (TPSA) is 88.7 Å². The molecule has 0 aliphatic rings. The molecule has 4 N–H and O–H groups in total. The number of anilines is 1. The number of nitrogens with one attached hydrogen (secondary N) is 2. The zero-order valence-corrected chi connectivity index (χ0v) is 18.4. The Bertz CT molecular complexity index is 1220. The molecule has 0 bridgehead atoms. The molecule has 0 saturated carbocycles. The first-order valence-corrected chi connectivity index (χ1v) is 10.5. The SMILES string of the molecule is Cc1cccc(C(C)(F)F)c1.Cn1c(=O)[nH]c2ccc(-c3cnc(NCCN)s3)cc21. The van der Waals surface area contributed by atoms with Gasteiger partial charge in [-0.05, 0) is 24.6 Å². The zero-order valence-electron chi connectivity index (χ0n) is 17.6. The minimum Gasteiger partial charge on any atom is -0.360 e. The number of alkyl halides is 2. The van der Waals surface area contributed by atoms with Crippen molar-refractivity contribution < 1.29 is 8.78 Å². The van der Waals surface area contributed by atoms with Gasteiger partial charge in [0.05, 0.1) is 15.9 Å². The van der Waals surface area contributed by atoms with Crippen molar-refractivity contribution in [3.8, 4) is 10.4 Å². The lowest BCUT2D eigenvalue weighted by Gasteiger charge is -2.10. The van der Waals surface area contributed by atoms with Gasteiger partial charge in [-0.1, -0.05) is 47.2 Å². The summed E-state index contributed by atoms with van der Waals surface area (Å²) in [4.78, 5) is 19.8. The lowest BCUT2D eigenvalue weighted by atomic mass is 10.1. The predicted molar refractivity (Wildman–Crippen MR) is 123 cm³/mol. The third-order valence-electron chi connectivity index (χ3n) is 4.64. The second-order valence-electron chi connectivity index (χ2n) is 7.22. The van der Waals surface area contributed by atoms with Crippen LogP contribution >= 0.6 is 11.3 Å². The van der Waals surface area contributed by atoms with Gasteiger partial charge in [0, 0.05) is 38.8 Å². The fourth-order valence-electron chi connectivity index (χ4n) is 2.96. The van der Waals surface area contributed by atoms with E-state index in [4.69, 9.17) is 5.73 Å². The molecule has 4 rings (SSSR count). The number of hydrogen-bond acceptors (Lipinski definition) is 5. The highest BCUT2D eigenvalue weighted by Gasteiger charge is 2.23. The Morgan fingerprint density at radius 3 is 2.68 bits per heavy atom. The summed E-state index contributed by atoms with van der Waals surface area (Å²) in [6, 6.07) is 12.3. The van der Waals surface area contributed by atoms with E-state index in [0.717, 1.165) is 39.1 Å². The summed E-state index contributed by atoms with van der Waals surface area (Å²) in [6.45, 7) is 3.99.